The van der Waals surface area contributed by atoms with Crippen molar-refractivity contribution in [3.8, 4) is 0 Å². The van der Waals surface area contributed by atoms with Gasteiger partial charge in [-0.25, -0.2) is 0 Å². The first-order valence-electron chi connectivity index (χ1n) is 0.506. The molecule has 0 rings (SSSR count). The maximum absolute atomic E-state index is 4.81. The molecule has 0 aromatic rings. The van der Waals surface area contributed by atoms with Crippen LogP contribution in [0.25, 0.3) is 0 Å². The molecule has 0 atom stereocenters. The molecule has 0 spiro atoms. The molecule has 0 aromatic heterocycles. The predicted octanol–water partition coefficient (Wildman–Crippen LogP) is 3.15. The number of rotatable bonds is 0. The third-order valence-corrected chi connectivity index (χ3v) is 0. The zero-order chi connectivity index (χ0) is 5.41. The first kappa shape index (κ1) is 12.0. The van der Waals surface area contributed by atoms with E-state index >= 15 is 0 Å². The van der Waals surface area contributed by atoms with Gasteiger partial charge in [0, 0.05) is 0 Å². The summed E-state index contributed by atoms with van der Waals surface area (Å²) < 4.78 is 0. The van der Waals surface area contributed by atoms with E-state index in [0.29, 0.717) is 0 Å². The third kappa shape index (κ3) is 26.9. The molecule has 0 aliphatic carbocycles. The zero-order valence-corrected chi connectivity index (χ0v) is 10.7. The Bertz CT molecular complexity index is 13.5. The molecule has 0 unspecified atom stereocenters. The van der Waals surface area contributed by atoms with Crippen molar-refractivity contribution in [3.05, 3.63) is 0 Å². The van der Waals surface area contributed by atoms with Crippen molar-refractivity contribution in [1.82, 2.24) is 0 Å². The van der Waals surface area contributed by atoms with E-state index in [1.165, 1.54) is 8.46 Å². The minimum absolute atomic E-state index is 0.106. The molecule has 0 aromatic carbocycles. The van der Waals surface area contributed by atoms with E-state index in [-0.39, 0.29) is 15.9 Å². The van der Waals surface area contributed by atoms with Crippen LogP contribution in [-0.2, 0) is 24.4 Å². The zero-order valence-electron chi connectivity index (χ0n) is 2.18. The molecule has 0 amide bonds. The molecule has 0 heterocycles. The van der Waals surface area contributed by atoms with Crippen LogP contribution >= 0.6 is 59.7 Å². The fourth-order valence-corrected chi connectivity index (χ4v) is 0. The molecular formula is Cl2FeI2Pd. The van der Waals surface area contributed by atoms with Crippen LogP contribution in [0.2, 0.25) is 0 Å². The summed E-state index contributed by atoms with van der Waals surface area (Å²) in [6, 6.07) is 0. The summed E-state index contributed by atoms with van der Waals surface area (Å²) in [5, 5.41) is 0. The Morgan fingerprint density at radius 3 is 1.33 bits per heavy atom. The van der Waals surface area contributed by atoms with Gasteiger partial charge < -0.3 is 0 Å². The van der Waals surface area contributed by atoms with Gasteiger partial charge in [0.15, 0.2) is 0 Å². The topological polar surface area (TPSA) is 0 Å². The summed E-state index contributed by atoms with van der Waals surface area (Å²) >= 11 is 4.44. The Hall–Kier alpha value is 3.22. The van der Waals surface area contributed by atoms with Crippen molar-refractivity contribution in [2.24, 2.45) is 0 Å². The molecule has 0 radical (unpaired) electrons. The van der Waals surface area contributed by atoms with E-state index < -0.39 is 0 Å². The van der Waals surface area contributed by atoms with Crippen molar-refractivity contribution in [3.63, 3.8) is 0 Å². The van der Waals surface area contributed by atoms with Crippen LogP contribution in [0.4, 0.5) is 0 Å². The van der Waals surface area contributed by atoms with Gasteiger partial charge in [-0.15, -0.1) is 0 Å². The van der Waals surface area contributed by atoms with Crippen molar-refractivity contribution in [2.45, 2.75) is 0 Å². The standard InChI is InChI=1S/2ClH.Fe.2HI.Pd/h2*1H;;2*1H;/q;;+2;;;+2/p-4. The summed E-state index contributed by atoms with van der Waals surface area (Å²) in [5.41, 5.74) is 0. The van der Waals surface area contributed by atoms with Crippen LogP contribution in [0, 0.1) is 0 Å². The van der Waals surface area contributed by atoms with Crippen LogP contribution in [0.5, 0.6) is 0 Å². The molecular weight excluding hydrogens is 487 g/mol. The molecule has 46 valence electrons. The van der Waals surface area contributed by atoms with E-state index in [0.717, 1.165) is 0 Å². The molecule has 0 aliphatic heterocycles. The van der Waals surface area contributed by atoms with Crippen LogP contribution in [-0.4, -0.2) is 0 Å². The van der Waals surface area contributed by atoms with E-state index in [2.05, 4.69) is 40.7 Å². The molecule has 0 N–H and O–H groups in total. The van der Waals surface area contributed by atoms with Crippen LogP contribution < -0.4 is 0 Å². The molecule has 6 heavy (non-hydrogen) atoms. The quantitative estimate of drug-likeness (QED) is 0.364. The number of hydrogen-bond donors (Lipinski definition) is 0. The third-order valence-electron chi connectivity index (χ3n) is 0. The Morgan fingerprint density at radius 1 is 1.33 bits per heavy atom. The summed E-state index contributed by atoms with van der Waals surface area (Å²) in [5.74, 6) is 0. The predicted molar refractivity (Wildman–Crippen MR) is 39.7 cm³/mol. The van der Waals surface area contributed by atoms with Crippen molar-refractivity contribution in [1.29, 1.82) is 0 Å². The summed E-state index contributed by atoms with van der Waals surface area (Å²) in [6.45, 7) is 0. The van der Waals surface area contributed by atoms with Gasteiger partial charge in [0.1, 0.15) is 0 Å². The molecule has 6 heteroatoms. The minimum atomic E-state index is -0.106. The summed E-state index contributed by atoms with van der Waals surface area (Å²) in [4.78, 5) is 0. The number of halogens is 4. The Balaban J connectivity index is 0. The maximum atomic E-state index is 4.81. The molecule has 0 nitrogen and oxygen atoms in total. The molecule has 0 saturated heterocycles. The first-order valence-corrected chi connectivity index (χ1v) is 11.6. The van der Waals surface area contributed by atoms with E-state index in [4.69, 9.17) is 19.1 Å². The van der Waals surface area contributed by atoms with Crippen molar-refractivity contribution in [2.75, 3.05) is 0 Å². The molecule has 0 fully saturated rings. The van der Waals surface area contributed by atoms with Gasteiger partial charge in [-0.2, -0.15) is 0 Å². The molecule has 0 saturated carbocycles. The Morgan fingerprint density at radius 2 is 1.33 bits per heavy atom. The summed E-state index contributed by atoms with van der Waals surface area (Å²) in [7, 11) is 10.8. The van der Waals surface area contributed by atoms with Crippen LogP contribution in [0.15, 0.2) is 0 Å². The summed E-state index contributed by atoms with van der Waals surface area (Å²) in [6.07, 6.45) is 0. The Labute approximate surface area is 82.2 Å². The average Bonchev–Trinajstić information content (AvgIpc) is 1.39. The van der Waals surface area contributed by atoms with Gasteiger partial charge in [0.25, 0.3) is 0 Å². The van der Waals surface area contributed by atoms with Gasteiger partial charge in [-0.3, -0.25) is 0 Å². The fourth-order valence-electron chi connectivity index (χ4n) is 0. The average molecular weight is 487 g/mol. The second-order valence-corrected chi connectivity index (χ2v) is 11.8. The van der Waals surface area contributed by atoms with Gasteiger partial charge in [-0.1, -0.05) is 0 Å². The fraction of sp³-hybridized carbons (Fsp3) is 0. The normalized spacial score (nSPS) is 7.33. The van der Waals surface area contributed by atoms with Crippen molar-refractivity contribution < 1.29 is 24.4 Å². The number of hydrogen-bond acceptors (Lipinski definition) is 0. The first-order chi connectivity index (χ1) is 2.83. The monoisotopic (exact) mass is 486 g/mol. The van der Waals surface area contributed by atoms with Gasteiger partial charge in [-0.05, 0) is 0 Å². The van der Waals surface area contributed by atoms with E-state index in [1.807, 2.05) is 0 Å². The SMILES string of the molecule is [Cl][Pd][Cl].[I][Fe][I]. The van der Waals surface area contributed by atoms with E-state index in [9.17, 15) is 0 Å². The van der Waals surface area contributed by atoms with Crippen LogP contribution in [0.3, 0.4) is 0 Å². The van der Waals surface area contributed by atoms with Crippen molar-refractivity contribution >= 4 is 59.7 Å². The molecule has 0 bridgehead atoms. The van der Waals surface area contributed by atoms with Gasteiger partial charge >= 0.3 is 84.1 Å². The van der Waals surface area contributed by atoms with Crippen LogP contribution in [0.1, 0.15) is 0 Å². The molecule has 0 aliphatic rings. The second-order valence-electron chi connectivity index (χ2n) is 0.0957. The van der Waals surface area contributed by atoms with Gasteiger partial charge in [0.2, 0.25) is 0 Å². The van der Waals surface area contributed by atoms with E-state index in [1.54, 1.807) is 0 Å². The Kier molecular flexibility index (Phi) is 31.3. The van der Waals surface area contributed by atoms with Gasteiger partial charge in [0.05, 0.1) is 0 Å². The second kappa shape index (κ2) is 15.7.